The van der Waals surface area contributed by atoms with Gasteiger partial charge >= 0.3 is 5.97 Å². The Kier molecular flexibility index (Phi) is 3.98. The van der Waals surface area contributed by atoms with Crippen molar-refractivity contribution in [3.05, 3.63) is 70.7 Å². The van der Waals surface area contributed by atoms with Gasteiger partial charge in [-0.2, -0.15) is 0 Å². The minimum atomic E-state index is -0.541. The number of allylic oxidation sites excluding steroid dienone is 2. The zero-order chi connectivity index (χ0) is 19.4. The van der Waals surface area contributed by atoms with Crippen LogP contribution in [0.4, 0.5) is 5.69 Å². The lowest BCUT2D eigenvalue weighted by Gasteiger charge is -2.20. The molecule has 2 aromatic carbocycles. The molecule has 5 rings (SSSR count). The van der Waals surface area contributed by atoms with Gasteiger partial charge in [-0.05, 0) is 54.7 Å². The molecule has 4 atom stereocenters. The predicted octanol–water partition coefficient (Wildman–Crippen LogP) is 3.98. The number of esters is 1. The van der Waals surface area contributed by atoms with E-state index >= 15 is 0 Å². The maximum absolute atomic E-state index is 13.1. The first-order valence-corrected chi connectivity index (χ1v) is 9.97. The average molecular weight is 438 g/mol. The number of ether oxygens (including phenoxy) is 1. The number of amides is 2. The van der Waals surface area contributed by atoms with Crippen molar-refractivity contribution in [2.24, 2.45) is 23.7 Å². The first-order chi connectivity index (χ1) is 13.5. The number of hydrogen-bond donors (Lipinski definition) is 0. The van der Waals surface area contributed by atoms with Gasteiger partial charge in [-0.15, -0.1) is 0 Å². The molecular formula is C22H16BrNO4. The van der Waals surface area contributed by atoms with Gasteiger partial charge in [0, 0.05) is 4.47 Å². The van der Waals surface area contributed by atoms with Crippen molar-refractivity contribution in [1.82, 2.24) is 0 Å². The number of para-hydroxylation sites is 2. The molecular weight excluding hydrogens is 422 g/mol. The normalized spacial score (nSPS) is 27.4. The minimum absolute atomic E-state index is 0.133. The first kappa shape index (κ1) is 17.4. The molecule has 0 aromatic heterocycles. The predicted molar refractivity (Wildman–Crippen MR) is 106 cm³/mol. The highest BCUT2D eigenvalue weighted by atomic mass is 79.9. The Bertz CT molecular complexity index is 999. The van der Waals surface area contributed by atoms with E-state index in [1.165, 1.54) is 4.90 Å². The van der Waals surface area contributed by atoms with E-state index in [2.05, 4.69) is 28.1 Å². The third-order valence-corrected chi connectivity index (χ3v) is 6.39. The maximum Gasteiger partial charge on any atom is 0.343 e. The summed E-state index contributed by atoms with van der Waals surface area (Å²) in [5.41, 5.74) is 0.716. The molecule has 1 saturated carbocycles. The van der Waals surface area contributed by atoms with Crippen LogP contribution >= 0.6 is 15.9 Å². The van der Waals surface area contributed by atoms with Gasteiger partial charge in [-0.1, -0.05) is 40.2 Å². The molecule has 5 nitrogen and oxygen atoms in total. The number of nitrogens with zero attached hydrogens (tertiary/aromatic N) is 1. The molecule has 1 aliphatic heterocycles. The molecule has 0 N–H and O–H groups in total. The van der Waals surface area contributed by atoms with Crippen molar-refractivity contribution in [2.75, 3.05) is 4.90 Å². The molecule has 0 unspecified atom stereocenters. The summed E-state index contributed by atoms with van der Waals surface area (Å²) >= 11 is 3.33. The lowest BCUT2D eigenvalue weighted by Crippen LogP contribution is -2.33. The van der Waals surface area contributed by atoms with Crippen LogP contribution in [0, 0.1) is 23.7 Å². The Balaban J connectivity index is 1.46. The van der Waals surface area contributed by atoms with Crippen molar-refractivity contribution >= 4 is 39.4 Å². The summed E-state index contributed by atoms with van der Waals surface area (Å²) in [5.74, 6) is -1.05. The van der Waals surface area contributed by atoms with E-state index in [0.717, 1.165) is 10.9 Å². The Morgan fingerprint density at radius 3 is 2.18 bits per heavy atom. The van der Waals surface area contributed by atoms with Crippen molar-refractivity contribution in [3.8, 4) is 5.75 Å². The molecule has 140 valence electrons. The lowest BCUT2D eigenvalue weighted by molar-refractivity contribution is -0.123. The molecule has 1 heterocycles. The standard InChI is InChI=1S/C22H16BrNO4/c23-15-9-7-12(8-10-15)22(27)28-17-4-2-1-3-16(17)24-20(25)18-13-5-6-14(11-13)19(18)21(24)26/h1-10,13-14,18-19H,11H2/t13-,14-,18+,19+/m0/s1. The molecule has 3 aliphatic rings. The molecule has 0 spiro atoms. The van der Waals surface area contributed by atoms with Crippen LogP contribution in [0.5, 0.6) is 5.75 Å². The van der Waals surface area contributed by atoms with Crippen molar-refractivity contribution in [1.29, 1.82) is 0 Å². The Labute approximate surface area is 170 Å². The van der Waals surface area contributed by atoms with Crippen LogP contribution < -0.4 is 9.64 Å². The van der Waals surface area contributed by atoms with Crippen LogP contribution in [0.3, 0.4) is 0 Å². The summed E-state index contributed by atoms with van der Waals surface area (Å²) < 4.78 is 6.41. The Hall–Kier alpha value is -2.73. The van der Waals surface area contributed by atoms with E-state index in [4.69, 9.17) is 4.74 Å². The highest BCUT2D eigenvalue weighted by molar-refractivity contribution is 9.10. The van der Waals surface area contributed by atoms with E-state index in [1.807, 2.05) is 0 Å². The van der Waals surface area contributed by atoms with Crippen molar-refractivity contribution in [2.45, 2.75) is 6.42 Å². The van der Waals surface area contributed by atoms with E-state index in [1.54, 1.807) is 48.5 Å². The molecule has 2 bridgehead atoms. The summed E-state index contributed by atoms with van der Waals surface area (Å²) in [6.45, 7) is 0. The van der Waals surface area contributed by atoms with Gasteiger partial charge in [-0.25, -0.2) is 9.69 Å². The van der Waals surface area contributed by atoms with E-state index in [-0.39, 0.29) is 41.2 Å². The smallest absolute Gasteiger partial charge is 0.343 e. The summed E-state index contributed by atoms with van der Waals surface area (Å²) in [6, 6.07) is 13.5. The molecule has 1 saturated heterocycles. The zero-order valence-corrected chi connectivity index (χ0v) is 16.3. The highest BCUT2D eigenvalue weighted by Crippen LogP contribution is 2.53. The van der Waals surface area contributed by atoms with Gasteiger partial charge in [-0.3, -0.25) is 9.59 Å². The minimum Gasteiger partial charge on any atom is -0.421 e. The van der Waals surface area contributed by atoms with Crippen molar-refractivity contribution < 1.29 is 19.1 Å². The molecule has 0 radical (unpaired) electrons. The molecule has 2 aliphatic carbocycles. The Morgan fingerprint density at radius 1 is 0.929 bits per heavy atom. The molecule has 2 aromatic rings. The third kappa shape index (κ3) is 2.55. The van der Waals surface area contributed by atoms with Gasteiger partial charge in [0.25, 0.3) is 0 Å². The average Bonchev–Trinajstić information content (AvgIpc) is 3.37. The van der Waals surface area contributed by atoms with Crippen LogP contribution in [0.15, 0.2) is 65.2 Å². The van der Waals surface area contributed by atoms with Crippen LogP contribution in [-0.4, -0.2) is 17.8 Å². The maximum atomic E-state index is 13.1. The van der Waals surface area contributed by atoms with Gasteiger partial charge in [0.05, 0.1) is 23.1 Å². The van der Waals surface area contributed by atoms with E-state index < -0.39 is 5.97 Å². The number of benzene rings is 2. The zero-order valence-electron chi connectivity index (χ0n) is 14.7. The van der Waals surface area contributed by atoms with Crippen LogP contribution in [0.1, 0.15) is 16.8 Å². The number of imide groups is 1. The SMILES string of the molecule is O=C(Oc1ccccc1N1C(=O)[C@H]2[C@H](C1=O)[C@H]1C=C[C@H]2C1)c1ccc(Br)cc1. The second kappa shape index (κ2) is 6.41. The summed E-state index contributed by atoms with van der Waals surface area (Å²) in [7, 11) is 0. The number of carbonyl (C=O) groups excluding carboxylic acids is 3. The first-order valence-electron chi connectivity index (χ1n) is 9.17. The van der Waals surface area contributed by atoms with E-state index in [9.17, 15) is 14.4 Å². The number of halogens is 1. The number of anilines is 1. The second-order valence-corrected chi connectivity index (χ2v) is 8.29. The Morgan fingerprint density at radius 2 is 1.54 bits per heavy atom. The second-order valence-electron chi connectivity index (χ2n) is 7.38. The number of hydrogen-bond acceptors (Lipinski definition) is 4. The van der Waals surface area contributed by atoms with Crippen molar-refractivity contribution in [3.63, 3.8) is 0 Å². The van der Waals surface area contributed by atoms with Gasteiger partial charge < -0.3 is 4.74 Å². The molecule has 28 heavy (non-hydrogen) atoms. The number of carbonyl (C=O) groups is 3. The van der Waals surface area contributed by atoms with Gasteiger partial charge in [0.1, 0.15) is 0 Å². The summed E-state index contributed by atoms with van der Waals surface area (Å²) in [6.07, 6.45) is 4.99. The lowest BCUT2D eigenvalue weighted by atomic mass is 9.85. The van der Waals surface area contributed by atoms with Crippen LogP contribution in [0.25, 0.3) is 0 Å². The summed E-state index contributed by atoms with van der Waals surface area (Å²) in [4.78, 5) is 39.9. The molecule has 6 heteroatoms. The highest BCUT2D eigenvalue weighted by Gasteiger charge is 2.59. The van der Waals surface area contributed by atoms with Crippen LogP contribution in [0.2, 0.25) is 0 Å². The van der Waals surface area contributed by atoms with Crippen LogP contribution in [-0.2, 0) is 9.59 Å². The topological polar surface area (TPSA) is 63.7 Å². The summed E-state index contributed by atoms with van der Waals surface area (Å²) in [5, 5.41) is 0. The van der Waals surface area contributed by atoms with Gasteiger partial charge in [0.2, 0.25) is 11.8 Å². The fourth-order valence-corrected chi connectivity index (χ4v) is 4.88. The molecule has 2 fully saturated rings. The quantitative estimate of drug-likeness (QED) is 0.315. The third-order valence-electron chi connectivity index (χ3n) is 5.86. The number of rotatable bonds is 3. The van der Waals surface area contributed by atoms with Gasteiger partial charge in [0.15, 0.2) is 5.75 Å². The van der Waals surface area contributed by atoms with E-state index in [0.29, 0.717) is 11.3 Å². The molecule has 2 amide bonds. The monoisotopic (exact) mass is 437 g/mol. The number of fused-ring (bicyclic) bond motifs is 5. The fourth-order valence-electron chi connectivity index (χ4n) is 4.61. The largest absolute Gasteiger partial charge is 0.421 e. The fraction of sp³-hybridized carbons (Fsp3) is 0.227.